The second kappa shape index (κ2) is 6.07. The number of carboxylic acid groups (broad SMARTS) is 1. The van der Waals surface area contributed by atoms with Crippen LogP contribution in [0.2, 0.25) is 10.2 Å². The molecule has 0 saturated carbocycles. The molecule has 21 heavy (non-hydrogen) atoms. The molecule has 108 valence electrons. The minimum absolute atomic E-state index is 0.0333. The third-order valence-electron chi connectivity index (χ3n) is 2.50. The summed E-state index contributed by atoms with van der Waals surface area (Å²) < 4.78 is 13.1. The minimum atomic E-state index is -1.23. The van der Waals surface area contributed by atoms with Gasteiger partial charge in [0.25, 0.3) is 5.91 Å². The molecule has 0 unspecified atom stereocenters. The molecular formula is C13H7Cl2FN2O3. The summed E-state index contributed by atoms with van der Waals surface area (Å²) in [4.78, 5) is 26.4. The van der Waals surface area contributed by atoms with Crippen molar-refractivity contribution >= 4 is 40.8 Å². The van der Waals surface area contributed by atoms with Crippen molar-refractivity contribution in [1.82, 2.24) is 4.98 Å². The van der Waals surface area contributed by atoms with E-state index in [-0.39, 0.29) is 27.0 Å². The first-order valence-corrected chi connectivity index (χ1v) is 6.29. The maximum absolute atomic E-state index is 13.1. The average Bonchev–Trinajstić information content (AvgIpc) is 2.43. The summed E-state index contributed by atoms with van der Waals surface area (Å²) in [5, 5.41) is 11.2. The van der Waals surface area contributed by atoms with Crippen LogP contribution in [-0.2, 0) is 0 Å². The van der Waals surface area contributed by atoms with E-state index < -0.39 is 17.7 Å². The maximum atomic E-state index is 13.1. The number of benzene rings is 1. The van der Waals surface area contributed by atoms with Crippen LogP contribution in [-0.4, -0.2) is 22.0 Å². The Morgan fingerprint density at radius 1 is 1.19 bits per heavy atom. The summed E-state index contributed by atoms with van der Waals surface area (Å²) in [6.07, 6.45) is 0.879. The Labute approximate surface area is 128 Å². The van der Waals surface area contributed by atoms with Gasteiger partial charge in [0, 0.05) is 5.69 Å². The zero-order valence-electron chi connectivity index (χ0n) is 10.2. The van der Waals surface area contributed by atoms with Gasteiger partial charge in [-0.2, -0.15) is 0 Å². The number of halogens is 3. The van der Waals surface area contributed by atoms with Crippen LogP contribution in [0.25, 0.3) is 0 Å². The summed E-state index contributed by atoms with van der Waals surface area (Å²) in [6.45, 7) is 0. The fourth-order valence-electron chi connectivity index (χ4n) is 1.55. The standard InChI is InChI=1S/C13H7Cl2FN2O3/c14-10-2-1-7(4-8(10)13(20)21)18-12(19)9-3-6(16)5-17-11(9)15/h1-5H,(H,18,19)(H,20,21). The first-order valence-electron chi connectivity index (χ1n) is 5.53. The zero-order chi connectivity index (χ0) is 15.6. The lowest BCUT2D eigenvalue weighted by Gasteiger charge is -2.08. The lowest BCUT2D eigenvalue weighted by Crippen LogP contribution is -2.14. The van der Waals surface area contributed by atoms with E-state index in [0.29, 0.717) is 0 Å². The van der Waals surface area contributed by atoms with E-state index >= 15 is 0 Å². The normalized spacial score (nSPS) is 10.2. The highest BCUT2D eigenvalue weighted by atomic mass is 35.5. The molecular weight excluding hydrogens is 322 g/mol. The minimum Gasteiger partial charge on any atom is -0.478 e. The monoisotopic (exact) mass is 328 g/mol. The van der Waals surface area contributed by atoms with Crippen molar-refractivity contribution in [2.75, 3.05) is 5.32 Å². The molecule has 0 bridgehead atoms. The second-order valence-electron chi connectivity index (χ2n) is 3.95. The summed E-state index contributed by atoms with van der Waals surface area (Å²) >= 11 is 11.4. The van der Waals surface area contributed by atoms with Gasteiger partial charge in [-0.05, 0) is 24.3 Å². The molecule has 0 fully saturated rings. The largest absolute Gasteiger partial charge is 0.478 e. The van der Waals surface area contributed by atoms with Gasteiger partial charge in [0.2, 0.25) is 0 Å². The van der Waals surface area contributed by atoms with Crippen molar-refractivity contribution in [2.45, 2.75) is 0 Å². The van der Waals surface area contributed by atoms with Crippen LogP contribution in [0.5, 0.6) is 0 Å². The van der Waals surface area contributed by atoms with Crippen molar-refractivity contribution in [3.05, 3.63) is 57.6 Å². The summed E-state index contributed by atoms with van der Waals surface area (Å²) in [6, 6.07) is 4.85. The zero-order valence-corrected chi connectivity index (χ0v) is 11.7. The van der Waals surface area contributed by atoms with E-state index in [1.807, 2.05) is 0 Å². The number of nitrogens with zero attached hydrogens (tertiary/aromatic N) is 1. The van der Waals surface area contributed by atoms with Gasteiger partial charge < -0.3 is 10.4 Å². The molecule has 1 aromatic heterocycles. The SMILES string of the molecule is O=C(O)c1cc(NC(=O)c2cc(F)cnc2Cl)ccc1Cl. The smallest absolute Gasteiger partial charge is 0.337 e. The molecule has 1 amide bonds. The molecule has 8 heteroatoms. The van der Waals surface area contributed by atoms with Crippen LogP contribution in [0.1, 0.15) is 20.7 Å². The fourth-order valence-corrected chi connectivity index (χ4v) is 1.93. The number of amides is 1. The van der Waals surface area contributed by atoms with Crippen molar-refractivity contribution in [2.24, 2.45) is 0 Å². The molecule has 0 atom stereocenters. The molecule has 2 aromatic rings. The topological polar surface area (TPSA) is 79.3 Å². The number of aromatic nitrogens is 1. The second-order valence-corrected chi connectivity index (χ2v) is 4.71. The lowest BCUT2D eigenvalue weighted by atomic mass is 10.2. The van der Waals surface area contributed by atoms with Gasteiger partial charge in [-0.3, -0.25) is 4.79 Å². The molecule has 5 nitrogen and oxygen atoms in total. The molecule has 2 rings (SSSR count). The van der Waals surface area contributed by atoms with Crippen LogP contribution in [0, 0.1) is 5.82 Å². The van der Waals surface area contributed by atoms with Crippen molar-refractivity contribution in [3.8, 4) is 0 Å². The molecule has 0 aliphatic carbocycles. The van der Waals surface area contributed by atoms with Crippen molar-refractivity contribution in [1.29, 1.82) is 0 Å². The van der Waals surface area contributed by atoms with Crippen LogP contribution in [0.3, 0.4) is 0 Å². The lowest BCUT2D eigenvalue weighted by molar-refractivity contribution is 0.0696. The highest BCUT2D eigenvalue weighted by Gasteiger charge is 2.15. The van der Waals surface area contributed by atoms with Crippen LogP contribution < -0.4 is 5.32 Å². The van der Waals surface area contributed by atoms with Gasteiger partial charge >= 0.3 is 5.97 Å². The number of carbonyl (C=O) groups excluding carboxylic acids is 1. The Bertz CT molecular complexity index is 737. The number of carbonyl (C=O) groups is 2. The molecule has 0 aliphatic heterocycles. The highest BCUT2D eigenvalue weighted by Crippen LogP contribution is 2.22. The Morgan fingerprint density at radius 3 is 2.57 bits per heavy atom. The molecule has 0 spiro atoms. The van der Waals surface area contributed by atoms with E-state index in [1.54, 1.807) is 0 Å². The molecule has 2 N–H and O–H groups in total. The van der Waals surface area contributed by atoms with Crippen LogP contribution >= 0.6 is 23.2 Å². The fraction of sp³-hybridized carbons (Fsp3) is 0. The molecule has 1 aromatic carbocycles. The molecule has 0 radical (unpaired) electrons. The highest BCUT2D eigenvalue weighted by molar-refractivity contribution is 6.34. The predicted molar refractivity (Wildman–Crippen MR) is 75.6 cm³/mol. The van der Waals surface area contributed by atoms with Crippen molar-refractivity contribution in [3.63, 3.8) is 0 Å². The maximum Gasteiger partial charge on any atom is 0.337 e. The van der Waals surface area contributed by atoms with E-state index in [9.17, 15) is 14.0 Å². The summed E-state index contributed by atoms with van der Waals surface area (Å²) in [5.41, 5.74) is -0.149. The van der Waals surface area contributed by atoms with Gasteiger partial charge in [0.1, 0.15) is 11.0 Å². The van der Waals surface area contributed by atoms with E-state index in [0.717, 1.165) is 12.3 Å². The summed E-state index contributed by atoms with van der Waals surface area (Å²) in [7, 11) is 0. The van der Waals surface area contributed by atoms with Gasteiger partial charge in [-0.1, -0.05) is 23.2 Å². The Morgan fingerprint density at radius 2 is 1.90 bits per heavy atom. The Hall–Kier alpha value is -2.18. The van der Waals surface area contributed by atoms with Crippen LogP contribution in [0.4, 0.5) is 10.1 Å². The number of rotatable bonds is 3. The number of aromatic carboxylic acids is 1. The van der Waals surface area contributed by atoms with E-state index in [1.165, 1.54) is 18.2 Å². The molecule has 0 saturated heterocycles. The molecule has 0 aliphatic rings. The first-order chi connectivity index (χ1) is 9.88. The number of pyridine rings is 1. The molecule has 1 heterocycles. The number of carboxylic acids is 1. The average molecular weight is 329 g/mol. The quantitative estimate of drug-likeness (QED) is 0.845. The number of hydrogen-bond donors (Lipinski definition) is 2. The first kappa shape index (κ1) is 15.2. The van der Waals surface area contributed by atoms with E-state index in [4.69, 9.17) is 28.3 Å². The van der Waals surface area contributed by atoms with E-state index in [2.05, 4.69) is 10.3 Å². The summed E-state index contributed by atoms with van der Waals surface area (Å²) in [5.74, 6) is -2.67. The van der Waals surface area contributed by atoms with Crippen LogP contribution in [0.15, 0.2) is 30.5 Å². The predicted octanol–water partition coefficient (Wildman–Crippen LogP) is 3.48. The van der Waals surface area contributed by atoms with Gasteiger partial charge in [-0.25, -0.2) is 14.2 Å². The Balaban J connectivity index is 2.29. The third-order valence-corrected chi connectivity index (χ3v) is 3.14. The van der Waals surface area contributed by atoms with Crippen molar-refractivity contribution < 1.29 is 19.1 Å². The van der Waals surface area contributed by atoms with Gasteiger partial charge in [0.05, 0.1) is 22.3 Å². The third kappa shape index (κ3) is 3.48. The number of hydrogen-bond acceptors (Lipinski definition) is 3. The number of anilines is 1. The van der Waals surface area contributed by atoms with Gasteiger partial charge in [-0.15, -0.1) is 0 Å². The van der Waals surface area contributed by atoms with Gasteiger partial charge in [0.15, 0.2) is 0 Å². The number of nitrogens with one attached hydrogen (secondary N) is 1. The Kier molecular flexibility index (Phi) is 4.40.